The maximum Gasteiger partial charge on any atom is 0.137 e. The molecule has 0 atom stereocenters. The van der Waals surface area contributed by atoms with Crippen LogP contribution in [0.2, 0.25) is 5.02 Å². The van der Waals surface area contributed by atoms with Gasteiger partial charge in [0.2, 0.25) is 0 Å². The third-order valence-electron chi connectivity index (χ3n) is 3.75. The van der Waals surface area contributed by atoms with E-state index in [0.717, 1.165) is 6.07 Å². The van der Waals surface area contributed by atoms with Gasteiger partial charge in [0.15, 0.2) is 0 Å². The zero-order chi connectivity index (χ0) is 15.7. The van der Waals surface area contributed by atoms with Gasteiger partial charge in [-0.2, -0.15) is 0 Å². The molecule has 1 aromatic carbocycles. The van der Waals surface area contributed by atoms with Crippen LogP contribution in [-0.4, -0.2) is 39.4 Å². The first kappa shape index (κ1) is 15.0. The first-order valence-electron chi connectivity index (χ1n) is 6.98. The van der Waals surface area contributed by atoms with Crippen molar-refractivity contribution in [3.63, 3.8) is 0 Å². The number of aliphatic hydroxyl groups is 1. The molecule has 5 nitrogen and oxygen atoms in total. The van der Waals surface area contributed by atoms with Crippen molar-refractivity contribution in [2.75, 3.05) is 18.0 Å². The summed E-state index contributed by atoms with van der Waals surface area (Å²) in [5, 5.41) is 19.0. The average molecular weight is 324 g/mol. The molecular formula is C15H15ClFN3O2. The number of aromatic nitrogens is 2. The van der Waals surface area contributed by atoms with Crippen LogP contribution in [0.1, 0.15) is 12.8 Å². The van der Waals surface area contributed by atoms with Crippen LogP contribution in [0.3, 0.4) is 0 Å². The van der Waals surface area contributed by atoms with Crippen molar-refractivity contribution < 1.29 is 14.6 Å². The molecule has 0 bridgehead atoms. The van der Waals surface area contributed by atoms with Crippen LogP contribution in [0.15, 0.2) is 24.5 Å². The molecule has 1 aliphatic rings. The number of hydrogen-bond donors (Lipinski definition) is 2. The van der Waals surface area contributed by atoms with Crippen molar-refractivity contribution in [2.45, 2.75) is 18.9 Å². The summed E-state index contributed by atoms with van der Waals surface area (Å²) < 4.78 is 14.0. The molecule has 0 spiro atoms. The van der Waals surface area contributed by atoms with Gasteiger partial charge < -0.3 is 15.1 Å². The SMILES string of the molecule is Oc1cc(F)c(-c2cc(N3CCC(O)CC3)ncn2)cc1Cl. The monoisotopic (exact) mass is 323 g/mol. The molecule has 7 heteroatoms. The number of hydrogen-bond acceptors (Lipinski definition) is 5. The van der Waals surface area contributed by atoms with E-state index in [-0.39, 0.29) is 22.4 Å². The van der Waals surface area contributed by atoms with E-state index in [4.69, 9.17) is 11.6 Å². The Morgan fingerprint density at radius 1 is 1.18 bits per heavy atom. The first-order valence-corrected chi connectivity index (χ1v) is 7.36. The maximum atomic E-state index is 14.0. The summed E-state index contributed by atoms with van der Waals surface area (Å²) in [5.74, 6) is -0.219. The summed E-state index contributed by atoms with van der Waals surface area (Å²) in [6.07, 6.45) is 2.46. The highest BCUT2D eigenvalue weighted by Crippen LogP contribution is 2.32. The van der Waals surface area contributed by atoms with E-state index in [2.05, 4.69) is 9.97 Å². The Kier molecular flexibility index (Phi) is 4.13. The Labute approximate surface area is 132 Å². The summed E-state index contributed by atoms with van der Waals surface area (Å²) in [4.78, 5) is 10.3. The van der Waals surface area contributed by atoms with E-state index in [1.807, 2.05) is 4.90 Å². The Balaban J connectivity index is 1.93. The van der Waals surface area contributed by atoms with Gasteiger partial charge >= 0.3 is 0 Å². The number of anilines is 1. The van der Waals surface area contributed by atoms with E-state index in [0.29, 0.717) is 37.4 Å². The standard InChI is InChI=1S/C15H15ClFN3O2/c16-11-5-10(12(17)6-14(11)22)13-7-15(19-8-18-13)20-3-1-9(21)2-4-20/h5-9,21-22H,1-4H2. The molecule has 3 rings (SSSR count). The molecule has 0 saturated carbocycles. The highest BCUT2D eigenvalue weighted by molar-refractivity contribution is 6.32. The number of nitrogens with zero attached hydrogens (tertiary/aromatic N) is 3. The molecule has 0 radical (unpaired) electrons. The van der Waals surface area contributed by atoms with Gasteiger partial charge in [0, 0.05) is 30.8 Å². The van der Waals surface area contributed by atoms with Gasteiger partial charge in [-0.1, -0.05) is 11.6 Å². The summed E-state index contributed by atoms with van der Waals surface area (Å²) in [6.45, 7) is 1.38. The Morgan fingerprint density at radius 2 is 1.91 bits per heavy atom. The predicted octanol–water partition coefficient (Wildman–Crippen LogP) is 2.60. The van der Waals surface area contributed by atoms with Gasteiger partial charge in [-0.3, -0.25) is 0 Å². The van der Waals surface area contributed by atoms with E-state index in [9.17, 15) is 14.6 Å². The van der Waals surface area contributed by atoms with Gasteiger partial charge in [-0.15, -0.1) is 0 Å². The van der Waals surface area contributed by atoms with Crippen LogP contribution in [0, 0.1) is 5.82 Å². The molecule has 1 saturated heterocycles. The third kappa shape index (κ3) is 2.98. The molecule has 0 aliphatic carbocycles. The fourth-order valence-corrected chi connectivity index (χ4v) is 2.66. The minimum atomic E-state index is -0.597. The Hall–Kier alpha value is -1.92. The fourth-order valence-electron chi connectivity index (χ4n) is 2.49. The number of phenolic OH excluding ortho intramolecular Hbond substituents is 1. The van der Waals surface area contributed by atoms with Gasteiger partial charge in [-0.05, 0) is 18.9 Å². The molecule has 2 heterocycles. The zero-order valence-corrected chi connectivity index (χ0v) is 12.5. The quantitative estimate of drug-likeness (QED) is 0.889. The summed E-state index contributed by atoms with van der Waals surface area (Å²) in [6, 6.07) is 4.00. The molecule has 22 heavy (non-hydrogen) atoms. The minimum absolute atomic E-state index is 0.0673. The van der Waals surface area contributed by atoms with E-state index in [1.165, 1.54) is 12.4 Å². The lowest BCUT2D eigenvalue weighted by molar-refractivity contribution is 0.145. The lowest BCUT2D eigenvalue weighted by Crippen LogP contribution is -2.36. The minimum Gasteiger partial charge on any atom is -0.506 e. The first-order chi connectivity index (χ1) is 10.5. The molecule has 1 aromatic heterocycles. The fraction of sp³-hybridized carbons (Fsp3) is 0.333. The van der Waals surface area contributed by atoms with Crippen molar-refractivity contribution in [1.82, 2.24) is 9.97 Å². The van der Waals surface area contributed by atoms with Crippen LogP contribution in [0.4, 0.5) is 10.2 Å². The molecule has 0 unspecified atom stereocenters. The van der Waals surface area contributed by atoms with Crippen LogP contribution in [0.5, 0.6) is 5.75 Å². The smallest absolute Gasteiger partial charge is 0.137 e. The van der Waals surface area contributed by atoms with Gasteiger partial charge in [-0.25, -0.2) is 14.4 Å². The molecule has 116 valence electrons. The lowest BCUT2D eigenvalue weighted by Gasteiger charge is -2.30. The second-order valence-electron chi connectivity index (χ2n) is 5.26. The topological polar surface area (TPSA) is 69.5 Å². The second-order valence-corrected chi connectivity index (χ2v) is 5.67. The van der Waals surface area contributed by atoms with Crippen molar-refractivity contribution in [1.29, 1.82) is 0 Å². The molecule has 2 aromatic rings. The van der Waals surface area contributed by atoms with E-state index < -0.39 is 5.82 Å². The van der Waals surface area contributed by atoms with Crippen molar-refractivity contribution >= 4 is 17.4 Å². The molecule has 1 fully saturated rings. The number of aromatic hydroxyl groups is 1. The van der Waals surface area contributed by atoms with Crippen LogP contribution < -0.4 is 4.90 Å². The number of rotatable bonds is 2. The van der Waals surface area contributed by atoms with Crippen molar-refractivity contribution in [3.8, 4) is 17.0 Å². The van der Waals surface area contributed by atoms with Gasteiger partial charge in [0.1, 0.15) is 23.7 Å². The Morgan fingerprint density at radius 3 is 2.64 bits per heavy atom. The highest BCUT2D eigenvalue weighted by atomic mass is 35.5. The summed E-state index contributed by atoms with van der Waals surface area (Å²) in [5.41, 5.74) is 0.610. The molecular weight excluding hydrogens is 309 g/mol. The average Bonchev–Trinajstić information content (AvgIpc) is 2.52. The summed E-state index contributed by atoms with van der Waals surface area (Å²) >= 11 is 5.84. The largest absolute Gasteiger partial charge is 0.506 e. The number of aliphatic hydroxyl groups excluding tert-OH is 1. The van der Waals surface area contributed by atoms with Gasteiger partial charge in [0.05, 0.1) is 16.8 Å². The van der Waals surface area contributed by atoms with Crippen LogP contribution in [-0.2, 0) is 0 Å². The van der Waals surface area contributed by atoms with E-state index >= 15 is 0 Å². The highest BCUT2D eigenvalue weighted by Gasteiger charge is 2.19. The third-order valence-corrected chi connectivity index (χ3v) is 4.06. The lowest BCUT2D eigenvalue weighted by atomic mass is 10.1. The second kappa shape index (κ2) is 6.06. The van der Waals surface area contributed by atoms with Crippen molar-refractivity contribution in [3.05, 3.63) is 35.4 Å². The number of benzene rings is 1. The van der Waals surface area contributed by atoms with Crippen molar-refractivity contribution in [2.24, 2.45) is 0 Å². The summed E-state index contributed by atoms with van der Waals surface area (Å²) in [7, 11) is 0. The van der Waals surface area contributed by atoms with E-state index in [1.54, 1.807) is 6.07 Å². The normalized spacial score (nSPS) is 16.0. The number of phenols is 1. The molecule has 0 amide bonds. The predicted molar refractivity (Wildman–Crippen MR) is 81.6 cm³/mol. The van der Waals surface area contributed by atoms with Crippen LogP contribution >= 0.6 is 11.6 Å². The zero-order valence-electron chi connectivity index (χ0n) is 11.7. The number of halogens is 2. The molecule has 1 aliphatic heterocycles. The maximum absolute atomic E-state index is 14.0. The molecule has 2 N–H and O–H groups in total. The Bertz CT molecular complexity index is 690. The van der Waals surface area contributed by atoms with Crippen LogP contribution in [0.25, 0.3) is 11.3 Å². The number of piperidine rings is 1. The van der Waals surface area contributed by atoms with Gasteiger partial charge in [0.25, 0.3) is 0 Å².